The number of ether oxygens (including phenoxy) is 1. The minimum Gasteiger partial charge on any atom is -0.490 e. The van der Waals surface area contributed by atoms with E-state index < -0.39 is 14.9 Å². The van der Waals surface area contributed by atoms with Crippen LogP contribution in [0.3, 0.4) is 0 Å². The Morgan fingerprint density at radius 1 is 1.47 bits per heavy atom. The Hall–Kier alpha value is -1.54. The highest BCUT2D eigenvalue weighted by atomic mass is 35.5. The van der Waals surface area contributed by atoms with Gasteiger partial charge in [0.15, 0.2) is 5.75 Å². The van der Waals surface area contributed by atoms with E-state index in [4.69, 9.17) is 16.3 Å². The second kappa shape index (κ2) is 6.58. The maximum atomic E-state index is 11.6. The van der Waals surface area contributed by atoms with Gasteiger partial charge in [-0.25, -0.2) is 8.42 Å². The molecule has 0 saturated heterocycles. The summed E-state index contributed by atoms with van der Waals surface area (Å²) in [5.41, 5.74) is -0.192. The van der Waals surface area contributed by atoms with Crippen LogP contribution < -0.4 is 9.46 Å². The lowest BCUT2D eigenvalue weighted by Crippen LogP contribution is -2.17. The number of nitro benzene ring substituents is 1. The smallest absolute Gasteiger partial charge is 0.312 e. The summed E-state index contributed by atoms with van der Waals surface area (Å²) in [7, 11) is -2.26. The second-order valence-corrected chi connectivity index (χ2v) is 5.83. The van der Waals surface area contributed by atoms with E-state index in [1.165, 1.54) is 19.2 Å². The number of alkyl halides is 1. The van der Waals surface area contributed by atoms with Crippen molar-refractivity contribution in [1.29, 1.82) is 0 Å². The van der Waals surface area contributed by atoms with Crippen LogP contribution in [0.4, 0.5) is 11.4 Å². The number of nitro groups is 1. The summed E-state index contributed by atoms with van der Waals surface area (Å²) in [4.78, 5) is 10.2. The Kier molecular flexibility index (Phi) is 5.37. The number of nitrogens with zero attached hydrogens (tertiary/aromatic N) is 1. The van der Waals surface area contributed by atoms with E-state index in [-0.39, 0.29) is 28.8 Å². The first-order chi connectivity index (χ1) is 8.89. The highest BCUT2D eigenvalue weighted by Crippen LogP contribution is 2.30. The predicted octanol–water partition coefficient (Wildman–Crippen LogP) is 1.97. The molecule has 19 heavy (non-hydrogen) atoms. The summed E-state index contributed by atoms with van der Waals surface area (Å²) in [6.45, 7) is 0. The molecule has 106 valence electrons. The highest BCUT2D eigenvalue weighted by Gasteiger charge is 2.17. The fourth-order valence-electron chi connectivity index (χ4n) is 1.37. The lowest BCUT2D eigenvalue weighted by molar-refractivity contribution is -0.385. The highest BCUT2D eigenvalue weighted by molar-refractivity contribution is 7.92. The maximum absolute atomic E-state index is 11.6. The zero-order valence-electron chi connectivity index (χ0n) is 10.1. The first-order valence-electron chi connectivity index (χ1n) is 5.28. The molecule has 0 aliphatic carbocycles. The van der Waals surface area contributed by atoms with Crippen LogP contribution in [0.5, 0.6) is 5.75 Å². The number of benzene rings is 1. The number of methoxy groups -OCH3 is 1. The summed E-state index contributed by atoms with van der Waals surface area (Å²) in [6, 6.07) is 3.83. The van der Waals surface area contributed by atoms with Crippen LogP contribution in [0.25, 0.3) is 0 Å². The molecular weight excluding hydrogens is 296 g/mol. The molecule has 0 aromatic heterocycles. The summed E-state index contributed by atoms with van der Waals surface area (Å²) < 4.78 is 30.3. The summed E-state index contributed by atoms with van der Waals surface area (Å²) >= 11 is 5.42. The Bertz CT molecular complexity index is 561. The summed E-state index contributed by atoms with van der Waals surface area (Å²) in [5.74, 6) is 0.147. The molecule has 0 fully saturated rings. The van der Waals surface area contributed by atoms with Gasteiger partial charge in [0, 0.05) is 11.9 Å². The van der Waals surface area contributed by atoms with E-state index in [9.17, 15) is 18.5 Å². The van der Waals surface area contributed by atoms with Crippen molar-refractivity contribution in [3.05, 3.63) is 28.3 Å². The number of rotatable bonds is 7. The Morgan fingerprint density at radius 2 is 2.16 bits per heavy atom. The number of hydrogen-bond donors (Lipinski definition) is 1. The lowest BCUT2D eigenvalue weighted by Gasteiger charge is -2.08. The van der Waals surface area contributed by atoms with Crippen molar-refractivity contribution in [2.45, 2.75) is 6.42 Å². The second-order valence-electron chi connectivity index (χ2n) is 3.61. The van der Waals surface area contributed by atoms with Crippen molar-refractivity contribution in [3.63, 3.8) is 0 Å². The van der Waals surface area contributed by atoms with Gasteiger partial charge in [0.2, 0.25) is 10.0 Å². The van der Waals surface area contributed by atoms with E-state index in [0.717, 1.165) is 6.07 Å². The van der Waals surface area contributed by atoms with Crippen LogP contribution in [0.15, 0.2) is 18.2 Å². The molecule has 0 aliphatic rings. The molecule has 0 amide bonds. The van der Waals surface area contributed by atoms with Crippen LogP contribution in [0.2, 0.25) is 0 Å². The SMILES string of the molecule is COc1ccc(NS(=O)(=O)CCCCl)cc1[N+](=O)[O-]. The van der Waals surface area contributed by atoms with Crippen molar-refractivity contribution < 1.29 is 18.1 Å². The molecule has 0 radical (unpaired) electrons. The Morgan fingerprint density at radius 3 is 2.68 bits per heavy atom. The molecule has 9 heteroatoms. The molecule has 0 aliphatic heterocycles. The standard InChI is InChI=1S/C10H13ClN2O5S/c1-18-10-4-3-8(7-9(10)13(14)15)12-19(16,17)6-2-5-11/h3-4,7,12H,2,5-6H2,1H3. The van der Waals surface area contributed by atoms with Gasteiger partial charge in [-0.1, -0.05) is 0 Å². The van der Waals surface area contributed by atoms with Crippen LogP contribution in [0.1, 0.15) is 6.42 Å². The van der Waals surface area contributed by atoms with Gasteiger partial charge in [-0.2, -0.15) is 0 Å². The molecule has 1 N–H and O–H groups in total. The van der Waals surface area contributed by atoms with Gasteiger partial charge in [-0.3, -0.25) is 14.8 Å². The Labute approximate surface area is 115 Å². The van der Waals surface area contributed by atoms with E-state index >= 15 is 0 Å². The fourth-order valence-corrected chi connectivity index (χ4v) is 2.78. The molecule has 0 spiro atoms. The number of anilines is 1. The van der Waals surface area contributed by atoms with Crippen LogP contribution in [-0.2, 0) is 10.0 Å². The average molecular weight is 309 g/mol. The molecule has 0 bridgehead atoms. The van der Waals surface area contributed by atoms with E-state index in [2.05, 4.69) is 4.72 Å². The third-order valence-electron chi connectivity index (χ3n) is 2.20. The maximum Gasteiger partial charge on any atom is 0.312 e. The van der Waals surface area contributed by atoms with Crippen molar-refractivity contribution in [2.75, 3.05) is 23.5 Å². The molecule has 0 saturated carbocycles. The van der Waals surface area contributed by atoms with Gasteiger partial charge in [-0.05, 0) is 18.6 Å². The van der Waals surface area contributed by atoms with E-state index in [1.807, 2.05) is 0 Å². The zero-order valence-corrected chi connectivity index (χ0v) is 11.7. The quantitative estimate of drug-likeness (QED) is 0.471. The van der Waals surface area contributed by atoms with Gasteiger partial charge in [-0.15, -0.1) is 11.6 Å². The number of halogens is 1. The molecular formula is C10H13ClN2O5S. The summed E-state index contributed by atoms with van der Waals surface area (Å²) in [6.07, 6.45) is 0.301. The molecule has 0 heterocycles. The van der Waals surface area contributed by atoms with Gasteiger partial charge in [0.25, 0.3) is 0 Å². The van der Waals surface area contributed by atoms with Gasteiger partial charge in [0.05, 0.1) is 23.5 Å². The third-order valence-corrected chi connectivity index (χ3v) is 3.84. The molecule has 1 aromatic carbocycles. The minimum atomic E-state index is -3.56. The minimum absolute atomic E-state index is 0.0636. The zero-order chi connectivity index (χ0) is 14.5. The molecule has 0 unspecified atom stereocenters. The van der Waals surface area contributed by atoms with Crippen molar-refractivity contribution in [3.8, 4) is 5.75 Å². The van der Waals surface area contributed by atoms with E-state index in [1.54, 1.807) is 0 Å². The number of hydrogen-bond acceptors (Lipinski definition) is 5. The van der Waals surface area contributed by atoms with Crippen LogP contribution in [0, 0.1) is 10.1 Å². The lowest BCUT2D eigenvalue weighted by atomic mass is 10.2. The van der Waals surface area contributed by atoms with Gasteiger partial charge < -0.3 is 4.74 Å². The van der Waals surface area contributed by atoms with Crippen molar-refractivity contribution >= 4 is 33.0 Å². The first kappa shape index (κ1) is 15.5. The van der Waals surface area contributed by atoms with Crippen molar-refractivity contribution in [2.24, 2.45) is 0 Å². The number of sulfonamides is 1. The molecule has 1 aromatic rings. The average Bonchev–Trinajstić information content (AvgIpc) is 2.36. The normalized spacial score (nSPS) is 11.1. The molecule has 7 nitrogen and oxygen atoms in total. The first-order valence-corrected chi connectivity index (χ1v) is 7.47. The predicted molar refractivity (Wildman–Crippen MR) is 72.4 cm³/mol. The monoisotopic (exact) mass is 308 g/mol. The topological polar surface area (TPSA) is 98.5 Å². The van der Waals surface area contributed by atoms with Crippen LogP contribution in [-0.4, -0.2) is 32.1 Å². The van der Waals surface area contributed by atoms with Gasteiger partial charge in [0.1, 0.15) is 0 Å². The van der Waals surface area contributed by atoms with Gasteiger partial charge >= 0.3 is 5.69 Å². The van der Waals surface area contributed by atoms with E-state index in [0.29, 0.717) is 6.42 Å². The largest absolute Gasteiger partial charge is 0.490 e. The molecule has 0 atom stereocenters. The summed E-state index contributed by atoms with van der Waals surface area (Å²) in [5, 5.41) is 10.8. The Balaban J connectivity index is 2.97. The number of nitrogens with one attached hydrogen (secondary N) is 1. The van der Waals surface area contributed by atoms with Crippen LogP contribution >= 0.6 is 11.6 Å². The molecule has 1 rings (SSSR count). The third kappa shape index (κ3) is 4.56. The van der Waals surface area contributed by atoms with Crippen molar-refractivity contribution in [1.82, 2.24) is 0 Å². The fraction of sp³-hybridized carbons (Fsp3) is 0.400.